The molecular formula is C27H27N7O3. The molecule has 1 aromatic carbocycles. The number of pyridine rings is 1. The number of imidazole rings is 1. The van der Waals surface area contributed by atoms with Crippen LogP contribution >= 0.6 is 0 Å². The summed E-state index contributed by atoms with van der Waals surface area (Å²) < 4.78 is 7.12. The maximum atomic E-state index is 12.8. The third kappa shape index (κ3) is 4.14. The third-order valence-corrected chi connectivity index (χ3v) is 7.29. The SMILES string of the molecule is COc1cccc(NC(=O)c2ccc(-c3nc([C@@H]4CC[C@H]5CCC(=O)N5C4)n4ccnc(N)c34)cc2)n1. The standard InChI is InChI=1S/C27H27N7O3/c1-37-21-4-2-3-20(30-21)31-27(36)17-7-5-16(6-8-17)23-24-25(28)29-13-14-33(24)26(32-23)18-9-10-19-11-12-22(35)34(19)15-18/h2-8,13-14,18-19H,9-12,15H2,1H3,(H2,28,29)(H,30,31,36)/t18-,19+/m1/s1. The van der Waals surface area contributed by atoms with E-state index in [-0.39, 0.29) is 17.7 Å². The molecular weight excluding hydrogens is 470 g/mol. The topological polar surface area (TPSA) is 128 Å². The van der Waals surface area contributed by atoms with Gasteiger partial charge in [-0.25, -0.2) is 9.97 Å². The first-order chi connectivity index (χ1) is 18.0. The van der Waals surface area contributed by atoms with Gasteiger partial charge in [-0.3, -0.25) is 14.0 Å². The summed E-state index contributed by atoms with van der Waals surface area (Å²) in [7, 11) is 1.52. The molecule has 37 heavy (non-hydrogen) atoms. The molecule has 10 nitrogen and oxygen atoms in total. The van der Waals surface area contributed by atoms with E-state index in [1.807, 2.05) is 27.6 Å². The summed E-state index contributed by atoms with van der Waals surface area (Å²) in [6.07, 6.45) is 7.07. The highest BCUT2D eigenvalue weighted by atomic mass is 16.5. The summed E-state index contributed by atoms with van der Waals surface area (Å²) in [5.74, 6) is 2.15. The van der Waals surface area contributed by atoms with Crippen molar-refractivity contribution in [3.63, 3.8) is 0 Å². The lowest BCUT2D eigenvalue weighted by molar-refractivity contribution is -0.130. The van der Waals surface area contributed by atoms with Gasteiger partial charge in [0.15, 0.2) is 0 Å². The smallest absolute Gasteiger partial charge is 0.256 e. The molecule has 2 aliphatic rings. The van der Waals surface area contributed by atoms with E-state index in [4.69, 9.17) is 15.5 Å². The van der Waals surface area contributed by atoms with Gasteiger partial charge in [0.1, 0.15) is 28.7 Å². The summed E-state index contributed by atoms with van der Waals surface area (Å²) in [6.45, 7) is 0.668. The van der Waals surface area contributed by atoms with E-state index < -0.39 is 0 Å². The van der Waals surface area contributed by atoms with Crippen LogP contribution in [0.2, 0.25) is 0 Å². The normalized spacial score (nSPS) is 19.2. The second-order valence-electron chi connectivity index (χ2n) is 9.46. The van der Waals surface area contributed by atoms with Crippen molar-refractivity contribution < 1.29 is 14.3 Å². The minimum atomic E-state index is -0.282. The lowest BCUT2D eigenvalue weighted by atomic mass is 9.92. The van der Waals surface area contributed by atoms with Gasteiger partial charge in [-0.1, -0.05) is 18.2 Å². The number of nitrogen functional groups attached to an aromatic ring is 1. The lowest BCUT2D eigenvalue weighted by Gasteiger charge is -2.34. The number of hydrogen-bond donors (Lipinski definition) is 2. The van der Waals surface area contributed by atoms with Gasteiger partial charge < -0.3 is 20.7 Å². The first-order valence-electron chi connectivity index (χ1n) is 12.4. The van der Waals surface area contributed by atoms with Crippen LogP contribution in [0.4, 0.5) is 11.6 Å². The molecule has 0 saturated carbocycles. The van der Waals surface area contributed by atoms with Gasteiger partial charge >= 0.3 is 0 Å². The average Bonchev–Trinajstić information content (AvgIpc) is 3.50. The van der Waals surface area contributed by atoms with E-state index in [2.05, 4.69) is 15.3 Å². The molecule has 4 aromatic rings. The van der Waals surface area contributed by atoms with Crippen molar-refractivity contribution in [2.45, 2.75) is 37.6 Å². The molecule has 2 atom stereocenters. The van der Waals surface area contributed by atoms with Gasteiger partial charge in [0.25, 0.3) is 5.91 Å². The number of anilines is 2. The highest BCUT2D eigenvalue weighted by Crippen LogP contribution is 2.38. The molecule has 0 spiro atoms. The molecule has 10 heteroatoms. The van der Waals surface area contributed by atoms with Crippen LogP contribution in [0.5, 0.6) is 5.88 Å². The van der Waals surface area contributed by atoms with Crippen LogP contribution < -0.4 is 15.8 Å². The number of methoxy groups -OCH3 is 1. The predicted molar refractivity (Wildman–Crippen MR) is 138 cm³/mol. The van der Waals surface area contributed by atoms with Gasteiger partial charge in [-0.05, 0) is 37.5 Å². The Morgan fingerprint density at radius 2 is 1.95 bits per heavy atom. The van der Waals surface area contributed by atoms with Crippen molar-refractivity contribution in [2.24, 2.45) is 0 Å². The Balaban J connectivity index is 1.30. The number of carbonyl (C=O) groups is 2. The van der Waals surface area contributed by atoms with Gasteiger partial charge in [0, 0.05) is 54.5 Å². The third-order valence-electron chi connectivity index (χ3n) is 7.29. The second-order valence-corrected chi connectivity index (χ2v) is 9.46. The quantitative estimate of drug-likeness (QED) is 0.432. The van der Waals surface area contributed by atoms with E-state index in [0.717, 1.165) is 36.2 Å². The largest absolute Gasteiger partial charge is 0.481 e. The van der Waals surface area contributed by atoms with E-state index in [9.17, 15) is 9.59 Å². The maximum Gasteiger partial charge on any atom is 0.256 e. The Kier molecular flexibility index (Phi) is 5.71. The molecule has 2 aliphatic heterocycles. The summed E-state index contributed by atoms with van der Waals surface area (Å²) in [5.41, 5.74) is 9.05. The number of carbonyl (C=O) groups excluding carboxylic acids is 2. The molecule has 188 valence electrons. The molecule has 2 amide bonds. The van der Waals surface area contributed by atoms with Crippen LogP contribution in [-0.4, -0.2) is 55.8 Å². The van der Waals surface area contributed by atoms with Gasteiger partial charge in [-0.15, -0.1) is 0 Å². The maximum absolute atomic E-state index is 12.8. The molecule has 0 bridgehead atoms. The molecule has 6 rings (SSSR count). The predicted octanol–water partition coefficient (Wildman–Crippen LogP) is 3.50. The zero-order valence-corrected chi connectivity index (χ0v) is 20.4. The fourth-order valence-corrected chi connectivity index (χ4v) is 5.42. The number of piperidine rings is 1. The Morgan fingerprint density at radius 3 is 2.76 bits per heavy atom. The molecule has 3 N–H and O–H groups in total. The van der Waals surface area contributed by atoms with Crippen LogP contribution in [0.1, 0.15) is 47.8 Å². The minimum absolute atomic E-state index is 0.113. The number of ether oxygens (including phenoxy) is 1. The number of fused-ring (bicyclic) bond motifs is 2. The first kappa shape index (κ1) is 23.0. The number of nitrogens with one attached hydrogen (secondary N) is 1. The molecule has 0 radical (unpaired) electrons. The number of nitrogens with two attached hydrogens (primary N) is 1. The van der Waals surface area contributed by atoms with Crippen molar-refractivity contribution in [1.29, 1.82) is 0 Å². The highest BCUT2D eigenvalue weighted by Gasteiger charge is 2.38. The number of benzene rings is 1. The first-order valence-corrected chi connectivity index (χ1v) is 12.4. The Hall–Kier alpha value is -4.47. The summed E-state index contributed by atoms with van der Waals surface area (Å²) in [6, 6.07) is 12.7. The second kappa shape index (κ2) is 9.20. The van der Waals surface area contributed by atoms with Gasteiger partial charge in [0.05, 0.1) is 7.11 Å². The highest BCUT2D eigenvalue weighted by molar-refractivity contribution is 6.04. The minimum Gasteiger partial charge on any atom is -0.481 e. The number of amides is 2. The number of nitrogens with zero attached hydrogens (tertiary/aromatic N) is 5. The molecule has 0 unspecified atom stereocenters. The zero-order chi connectivity index (χ0) is 25.5. The van der Waals surface area contributed by atoms with E-state index in [1.54, 1.807) is 36.5 Å². The molecule has 2 saturated heterocycles. The van der Waals surface area contributed by atoms with Crippen molar-refractivity contribution in [3.8, 4) is 17.1 Å². The molecule has 2 fully saturated rings. The van der Waals surface area contributed by atoms with E-state index in [1.165, 1.54) is 7.11 Å². The van der Waals surface area contributed by atoms with Gasteiger partial charge in [-0.2, -0.15) is 4.98 Å². The van der Waals surface area contributed by atoms with Crippen molar-refractivity contribution in [1.82, 2.24) is 24.3 Å². The summed E-state index contributed by atoms with van der Waals surface area (Å²) in [4.78, 5) is 40.7. The number of hydrogen-bond acceptors (Lipinski definition) is 7. The molecule has 0 aliphatic carbocycles. The van der Waals surface area contributed by atoms with Crippen LogP contribution in [-0.2, 0) is 4.79 Å². The summed E-state index contributed by atoms with van der Waals surface area (Å²) >= 11 is 0. The zero-order valence-electron chi connectivity index (χ0n) is 20.4. The number of aromatic nitrogens is 4. The van der Waals surface area contributed by atoms with Crippen LogP contribution in [0.15, 0.2) is 54.9 Å². The van der Waals surface area contributed by atoms with Gasteiger partial charge in [0.2, 0.25) is 11.8 Å². The Morgan fingerprint density at radius 1 is 1.11 bits per heavy atom. The fourth-order valence-electron chi connectivity index (χ4n) is 5.42. The van der Waals surface area contributed by atoms with Crippen molar-refractivity contribution in [3.05, 3.63) is 66.2 Å². The van der Waals surface area contributed by atoms with Crippen molar-refractivity contribution >= 4 is 29.0 Å². The summed E-state index contributed by atoms with van der Waals surface area (Å²) in [5, 5.41) is 2.79. The Bertz CT molecular complexity index is 1500. The van der Waals surface area contributed by atoms with E-state index in [0.29, 0.717) is 47.8 Å². The van der Waals surface area contributed by atoms with E-state index >= 15 is 0 Å². The number of rotatable bonds is 5. The van der Waals surface area contributed by atoms with Crippen LogP contribution in [0.25, 0.3) is 16.8 Å². The average molecular weight is 498 g/mol. The fraction of sp³-hybridized carbons (Fsp3) is 0.296. The lowest BCUT2D eigenvalue weighted by Crippen LogP contribution is -2.41. The van der Waals surface area contributed by atoms with Crippen molar-refractivity contribution in [2.75, 3.05) is 24.7 Å². The molecule has 3 aromatic heterocycles. The van der Waals surface area contributed by atoms with Crippen LogP contribution in [0.3, 0.4) is 0 Å². The Labute approximate surface area is 213 Å². The monoisotopic (exact) mass is 497 g/mol. The molecule has 5 heterocycles. The van der Waals surface area contributed by atoms with Crippen LogP contribution in [0, 0.1) is 0 Å².